The van der Waals surface area contributed by atoms with E-state index in [1.54, 1.807) is 0 Å². The number of aryl methyl sites for hydroxylation is 1. The third-order valence-corrected chi connectivity index (χ3v) is 6.13. The van der Waals surface area contributed by atoms with Gasteiger partial charge in [-0.25, -0.2) is 4.98 Å². The summed E-state index contributed by atoms with van der Waals surface area (Å²) >= 11 is 0. The minimum absolute atomic E-state index is 0.144. The molecule has 6 nitrogen and oxygen atoms in total. The molecule has 0 bridgehead atoms. The van der Waals surface area contributed by atoms with Crippen molar-refractivity contribution in [2.45, 2.75) is 57.2 Å². The van der Waals surface area contributed by atoms with E-state index in [2.05, 4.69) is 20.2 Å². The van der Waals surface area contributed by atoms with Crippen molar-refractivity contribution >= 4 is 5.96 Å². The van der Waals surface area contributed by atoms with Gasteiger partial charge in [-0.05, 0) is 31.6 Å². The summed E-state index contributed by atoms with van der Waals surface area (Å²) in [6.07, 6.45) is 3.29. The number of likely N-dealkylation sites (tertiary alicyclic amines) is 1. The molecule has 0 aromatic carbocycles. The van der Waals surface area contributed by atoms with Crippen molar-refractivity contribution in [1.29, 1.82) is 0 Å². The number of guanidine groups is 1. The normalized spacial score (nSPS) is 22.1. The third kappa shape index (κ3) is 3.99. The van der Waals surface area contributed by atoms with Gasteiger partial charge in [0.1, 0.15) is 5.82 Å². The molecule has 1 saturated heterocycles. The Morgan fingerprint density at radius 2 is 2.04 bits per heavy atom. The van der Waals surface area contributed by atoms with Gasteiger partial charge in [0, 0.05) is 52.0 Å². The van der Waals surface area contributed by atoms with Crippen LogP contribution in [0.15, 0.2) is 17.4 Å². The molecule has 1 aliphatic heterocycles. The Bertz CT molecular complexity index is 696. The highest BCUT2D eigenvalue weighted by Gasteiger charge is 2.57. The molecule has 0 radical (unpaired) electrons. The van der Waals surface area contributed by atoms with Crippen molar-refractivity contribution < 1.29 is 18.3 Å². The number of hydrogen-bond acceptors (Lipinski definition) is 3. The maximum atomic E-state index is 13.6. The second kappa shape index (κ2) is 7.93. The average Bonchev–Trinajstić information content (AvgIpc) is 3.36. The number of imidazole rings is 1. The van der Waals surface area contributed by atoms with Crippen molar-refractivity contribution in [3.8, 4) is 0 Å². The summed E-state index contributed by atoms with van der Waals surface area (Å²) in [5.74, 6) is 0.224. The SMILES string of the molecule is CCNC(=NCCC(O)(c1nccn1C)C(F)(F)F)N1CCC2(CCCC2)C1. The molecule has 1 aromatic heterocycles. The first-order chi connectivity index (χ1) is 13.2. The predicted octanol–water partition coefficient (Wildman–Crippen LogP) is 2.79. The lowest BCUT2D eigenvalue weighted by Crippen LogP contribution is -2.45. The van der Waals surface area contributed by atoms with Crippen LogP contribution in [0.2, 0.25) is 0 Å². The number of halogens is 3. The average molecular weight is 401 g/mol. The van der Waals surface area contributed by atoms with E-state index < -0.39 is 24.0 Å². The Morgan fingerprint density at radius 3 is 2.61 bits per heavy atom. The topological polar surface area (TPSA) is 65.7 Å². The number of aromatic nitrogens is 2. The molecule has 3 rings (SSSR count). The third-order valence-electron chi connectivity index (χ3n) is 6.13. The summed E-state index contributed by atoms with van der Waals surface area (Å²) in [6, 6.07) is 0. The minimum atomic E-state index is -4.83. The number of alkyl halides is 3. The molecule has 28 heavy (non-hydrogen) atoms. The number of rotatable bonds is 5. The second-order valence-electron chi connectivity index (χ2n) is 8.08. The first-order valence-corrected chi connectivity index (χ1v) is 10.0. The second-order valence-corrected chi connectivity index (χ2v) is 8.08. The molecule has 9 heteroatoms. The maximum absolute atomic E-state index is 13.6. The van der Waals surface area contributed by atoms with Crippen LogP contribution in [-0.2, 0) is 12.6 Å². The molecule has 1 spiro atoms. The lowest BCUT2D eigenvalue weighted by atomic mass is 9.86. The van der Waals surface area contributed by atoms with E-state index >= 15 is 0 Å². The zero-order valence-corrected chi connectivity index (χ0v) is 16.6. The van der Waals surface area contributed by atoms with Gasteiger partial charge >= 0.3 is 6.18 Å². The van der Waals surface area contributed by atoms with Crippen LogP contribution in [0.3, 0.4) is 0 Å². The highest BCUT2D eigenvalue weighted by atomic mass is 19.4. The van der Waals surface area contributed by atoms with E-state index in [-0.39, 0.29) is 6.54 Å². The van der Waals surface area contributed by atoms with Gasteiger partial charge in [-0.15, -0.1) is 0 Å². The zero-order chi connectivity index (χ0) is 20.4. The van der Waals surface area contributed by atoms with E-state index in [0.717, 1.165) is 19.5 Å². The smallest absolute Gasteiger partial charge is 0.374 e. The largest absolute Gasteiger partial charge is 0.424 e. The molecule has 2 fully saturated rings. The first kappa shape index (κ1) is 21.0. The summed E-state index contributed by atoms with van der Waals surface area (Å²) in [4.78, 5) is 10.3. The van der Waals surface area contributed by atoms with E-state index in [1.165, 1.54) is 49.7 Å². The minimum Gasteiger partial charge on any atom is -0.374 e. The van der Waals surface area contributed by atoms with Gasteiger partial charge < -0.3 is 19.9 Å². The highest BCUT2D eigenvalue weighted by molar-refractivity contribution is 5.80. The highest BCUT2D eigenvalue weighted by Crippen LogP contribution is 2.45. The number of nitrogens with zero attached hydrogens (tertiary/aromatic N) is 4. The summed E-state index contributed by atoms with van der Waals surface area (Å²) in [5, 5.41) is 13.6. The number of aliphatic imine (C=N–C) groups is 1. The van der Waals surface area contributed by atoms with Gasteiger partial charge in [0.05, 0.1) is 0 Å². The van der Waals surface area contributed by atoms with Crippen LogP contribution in [0.25, 0.3) is 0 Å². The van der Waals surface area contributed by atoms with Gasteiger partial charge in [-0.3, -0.25) is 4.99 Å². The summed E-state index contributed by atoms with van der Waals surface area (Å²) < 4.78 is 42.1. The molecular weight excluding hydrogens is 371 g/mol. The van der Waals surface area contributed by atoms with Crippen LogP contribution in [0.4, 0.5) is 13.2 Å². The Balaban J connectivity index is 1.73. The van der Waals surface area contributed by atoms with E-state index in [0.29, 0.717) is 17.9 Å². The molecular formula is C19H30F3N5O. The Kier molecular flexibility index (Phi) is 5.93. The lowest BCUT2D eigenvalue weighted by molar-refractivity contribution is -0.272. The fraction of sp³-hybridized carbons (Fsp3) is 0.789. The molecule has 1 aliphatic carbocycles. The maximum Gasteiger partial charge on any atom is 0.424 e. The molecule has 2 aliphatic rings. The molecule has 1 unspecified atom stereocenters. The van der Waals surface area contributed by atoms with Crippen LogP contribution in [0.1, 0.15) is 51.3 Å². The zero-order valence-electron chi connectivity index (χ0n) is 16.6. The molecule has 2 N–H and O–H groups in total. The van der Waals surface area contributed by atoms with Crippen molar-refractivity contribution in [2.75, 3.05) is 26.2 Å². The lowest BCUT2D eigenvalue weighted by Gasteiger charge is -2.30. The van der Waals surface area contributed by atoms with Crippen LogP contribution < -0.4 is 5.32 Å². The van der Waals surface area contributed by atoms with Gasteiger partial charge in [0.2, 0.25) is 5.60 Å². The van der Waals surface area contributed by atoms with Crippen LogP contribution in [0.5, 0.6) is 0 Å². The van der Waals surface area contributed by atoms with Crippen LogP contribution in [0, 0.1) is 5.41 Å². The number of aliphatic hydroxyl groups is 1. The van der Waals surface area contributed by atoms with Crippen molar-refractivity contribution in [3.05, 3.63) is 18.2 Å². The molecule has 2 heterocycles. The first-order valence-electron chi connectivity index (χ1n) is 10.0. The monoisotopic (exact) mass is 401 g/mol. The van der Waals surface area contributed by atoms with Crippen molar-refractivity contribution in [2.24, 2.45) is 17.5 Å². The predicted molar refractivity (Wildman–Crippen MR) is 101 cm³/mol. The van der Waals surface area contributed by atoms with Crippen molar-refractivity contribution in [1.82, 2.24) is 19.8 Å². The molecule has 1 atom stereocenters. The quantitative estimate of drug-likeness (QED) is 0.588. The number of nitrogens with one attached hydrogen (secondary N) is 1. The summed E-state index contributed by atoms with van der Waals surface area (Å²) in [5.41, 5.74) is -2.68. The van der Waals surface area contributed by atoms with Gasteiger partial charge in [0.15, 0.2) is 5.96 Å². The van der Waals surface area contributed by atoms with E-state index in [9.17, 15) is 18.3 Å². The van der Waals surface area contributed by atoms with Crippen LogP contribution in [-0.4, -0.2) is 57.9 Å². The summed E-state index contributed by atoms with van der Waals surface area (Å²) in [6.45, 7) is 4.22. The Morgan fingerprint density at radius 1 is 1.32 bits per heavy atom. The molecule has 0 amide bonds. The Labute approximate surface area is 163 Å². The van der Waals surface area contributed by atoms with E-state index in [1.807, 2.05) is 6.92 Å². The molecule has 158 valence electrons. The van der Waals surface area contributed by atoms with Gasteiger partial charge in [0.25, 0.3) is 0 Å². The van der Waals surface area contributed by atoms with Crippen LogP contribution >= 0.6 is 0 Å². The fourth-order valence-electron chi connectivity index (χ4n) is 4.54. The van der Waals surface area contributed by atoms with Gasteiger partial charge in [-0.1, -0.05) is 12.8 Å². The van der Waals surface area contributed by atoms with Crippen molar-refractivity contribution in [3.63, 3.8) is 0 Å². The molecule has 1 saturated carbocycles. The van der Waals surface area contributed by atoms with E-state index in [4.69, 9.17) is 0 Å². The fourth-order valence-corrected chi connectivity index (χ4v) is 4.54. The molecule has 1 aromatic rings. The summed E-state index contributed by atoms with van der Waals surface area (Å²) in [7, 11) is 1.44. The Hall–Kier alpha value is -1.77. The van der Waals surface area contributed by atoms with Gasteiger partial charge in [-0.2, -0.15) is 13.2 Å². The standard InChI is InChI=1S/C19H30F3N5O/c1-3-23-16(27-12-9-17(14-27)6-4-5-7-17)25-10-8-18(28,19(20,21)22)15-24-11-13-26(15)2/h11,13,28H,3-10,12,14H2,1-2H3,(H,23,25). The number of hydrogen-bond donors (Lipinski definition) is 2.